The van der Waals surface area contributed by atoms with Gasteiger partial charge in [0.1, 0.15) is 17.3 Å². The van der Waals surface area contributed by atoms with Crippen molar-refractivity contribution in [1.82, 2.24) is 0 Å². The maximum absolute atomic E-state index is 13.4. The van der Waals surface area contributed by atoms with Gasteiger partial charge in [0.2, 0.25) is 0 Å². The predicted octanol–water partition coefficient (Wildman–Crippen LogP) is 3.73. The van der Waals surface area contributed by atoms with Crippen LogP contribution in [0.4, 0.5) is 4.39 Å². The van der Waals surface area contributed by atoms with Crippen LogP contribution in [0.5, 0.6) is 11.5 Å². The maximum atomic E-state index is 13.4. The number of rotatable bonds is 4. The van der Waals surface area contributed by atoms with E-state index >= 15 is 0 Å². The van der Waals surface area contributed by atoms with Crippen molar-refractivity contribution in [3.8, 4) is 11.5 Å². The van der Waals surface area contributed by atoms with Gasteiger partial charge in [0.15, 0.2) is 5.78 Å². The summed E-state index contributed by atoms with van der Waals surface area (Å²) in [7, 11) is 2.98. The van der Waals surface area contributed by atoms with Crippen molar-refractivity contribution >= 4 is 17.4 Å². The van der Waals surface area contributed by atoms with E-state index in [2.05, 4.69) is 0 Å². The van der Waals surface area contributed by atoms with Crippen molar-refractivity contribution in [2.24, 2.45) is 0 Å². The summed E-state index contributed by atoms with van der Waals surface area (Å²) in [5.74, 6) is 0.00872. The number of halogens is 2. The minimum Gasteiger partial charge on any atom is -0.497 e. The molecule has 0 saturated heterocycles. The van der Waals surface area contributed by atoms with Gasteiger partial charge in [-0.15, -0.1) is 0 Å². The first kappa shape index (κ1) is 14.3. The van der Waals surface area contributed by atoms with E-state index in [-0.39, 0.29) is 16.4 Å². The molecule has 3 nitrogen and oxygen atoms in total. The Morgan fingerprint density at radius 1 is 1.00 bits per heavy atom. The van der Waals surface area contributed by atoms with Crippen LogP contribution in [0.2, 0.25) is 5.02 Å². The van der Waals surface area contributed by atoms with Gasteiger partial charge >= 0.3 is 0 Å². The number of ketones is 1. The summed E-state index contributed by atoms with van der Waals surface area (Å²) < 4.78 is 23.6. The van der Waals surface area contributed by atoms with E-state index in [1.54, 1.807) is 18.2 Å². The van der Waals surface area contributed by atoms with Gasteiger partial charge in [-0.2, -0.15) is 0 Å². The van der Waals surface area contributed by atoms with Crippen LogP contribution in [0.25, 0.3) is 0 Å². The van der Waals surface area contributed by atoms with Gasteiger partial charge < -0.3 is 9.47 Å². The fourth-order valence-corrected chi connectivity index (χ4v) is 1.86. The molecule has 0 N–H and O–H groups in total. The zero-order valence-corrected chi connectivity index (χ0v) is 11.7. The summed E-state index contributed by atoms with van der Waals surface area (Å²) in [5, 5.41) is -0.0234. The third kappa shape index (κ3) is 2.91. The van der Waals surface area contributed by atoms with Crippen LogP contribution in [-0.2, 0) is 0 Å². The van der Waals surface area contributed by atoms with Crippen LogP contribution in [-0.4, -0.2) is 20.0 Å². The number of ether oxygens (including phenoxy) is 2. The molecule has 0 spiro atoms. The third-order valence-corrected chi connectivity index (χ3v) is 3.10. The monoisotopic (exact) mass is 294 g/mol. The SMILES string of the molecule is COc1cc(OC)cc(C(=O)c2ccc(Cl)c(F)c2)c1. The fourth-order valence-electron chi connectivity index (χ4n) is 1.74. The van der Waals surface area contributed by atoms with Gasteiger partial charge in [-0.05, 0) is 30.3 Å². The van der Waals surface area contributed by atoms with Gasteiger partial charge in [0, 0.05) is 17.2 Å². The summed E-state index contributed by atoms with van der Waals surface area (Å²) >= 11 is 5.60. The fraction of sp³-hybridized carbons (Fsp3) is 0.133. The Bertz CT molecular complexity index is 633. The van der Waals surface area contributed by atoms with Gasteiger partial charge in [0.25, 0.3) is 0 Å². The van der Waals surface area contributed by atoms with E-state index < -0.39 is 5.82 Å². The smallest absolute Gasteiger partial charge is 0.193 e. The number of hydrogen-bond donors (Lipinski definition) is 0. The predicted molar refractivity (Wildman–Crippen MR) is 74.4 cm³/mol. The molecule has 0 heterocycles. The normalized spacial score (nSPS) is 10.2. The molecule has 0 aliphatic rings. The number of benzene rings is 2. The Labute approximate surface area is 120 Å². The molecule has 2 rings (SSSR count). The highest BCUT2D eigenvalue weighted by molar-refractivity contribution is 6.30. The van der Waals surface area contributed by atoms with Crippen LogP contribution in [0.3, 0.4) is 0 Å². The highest BCUT2D eigenvalue weighted by Crippen LogP contribution is 2.25. The average molecular weight is 295 g/mol. The van der Waals surface area contributed by atoms with Crippen molar-refractivity contribution in [2.75, 3.05) is 14.2 Å². The molecular weight excluding hydrogens is 283 g/mol. The van der Waals surface area contributed by atoms with Gasteiger partial charge in [0.05, 0.1) is 19.2 Å². The van der Waals surface area contributed by atoms with Gasteiger partial charge in [-0.3, -0.25) is 4.79 Å². The van der Waals surface area contributed by atoms with Crippen LogP contribution in [0.1, 0.15) is 15.9 Å². The molecule has 0 fully saturated rings. The maximum Gasteiger partial charge on any atom is 0.193 e. The first-order valence-corrected chi connectivity index (χ1v) is 6.15. The van der Waals surface area contributed by atoms with E-state index in [9.17, 15) is 9.18 Å². The van der Waals surface area contributed by atoms with Gasteiger partial charge in [-0.25, -0.2) is 4.39 Å². The molecule has 5 heteroatoms. The van der Waals surface area contributed by atoms with E-state index in [4.69, 9.17) is 21.1 Å². The molecule has 0 amide bonds. The van der Waals surface area contributed by atoms with E-state index in [1.807, 2.05) is 0 Å². The zero-order chi connectivity index (χ0) is 14.7. The Balaban J connectivity index is 2.44. The second kappa shape index (κ2) is 5.92. The van der Waals surface area contributed by atoms with Crippen molar-refractivity contribution in [3.63, 3.8) is 0 Å². The quantitative estimate of drug-likeness (QED) is 0.806. The largest absolute Gasteiger partial charge is 0.497 e. The lowest BCUT2D eigenvalue weighted by Crippen LogP contribution is -2.03. The molecule has 2 aromatic carbocycles. The molecule has 104 valence electrons. The minimum atomic E-state index is -0.632. The number of methoxy groups -OCH3 is 2. The number of carbonyl (C=O) groups is 1. The summed E-state index contributed by atoms with van der Waals surface area (Å²) in [6.45, 7) is 0. The van der Waals surface area contributed by atoms with Gasteiger partial charge in [-0.1, -0.05) is 11.6 Å². The topological polar surface area (TPSA) is 35.5 Å². The lowest BCUT2D eigenvalue weighted by Gasteiger charge is -2.08. The molecule has 0 unspecified atom stereocenters. The van der Waals surface area contributed by atoms with Crippen LogP contribution in [0.15, 0.2) is 36.4 Å². The third-order valence-electron chi connectivity index (χ3n) is 2.80. The average Bonchev–Trinajstić information content (AvgIpc) is 2.48. The van der Waals surface area contributed by atoms with E-state index in [1.165, 1.54) is 26.4 Å². The summed E-state index contributed by atoms with van der Waals surface area (Å²) in [6.07, 6.45) is 0. The Kier molecular flexibility index (Phi) is 4.25. The molecular formula is C15H12ClFO3. The van der Waals surface area contributed by atoms with Crippen molar-refractivity contribution in [1.29, 1.82) is 0 Å². The molecule has 0 atom stereocenters. The molecule has 20 heavy (non-hydrogen) atoms. The first-order valence-electron chi connectivity index (χ1n) is 5.78. The first-order chi connectivity index (χ1) is 9.55. The molecule has 0 bridgehead atoms. The lowest BCUT2D eigenvalue weighted by molar-refractivity contribution is 0.103. The Morgan fingerprint density at radius 3 is 2.10 bits per heavy atom. The molecule has 0 aromatic heterocycles. The van der Waals surface area contributed by atoms with Crippen molar-refractivity contribution in [3.05, 3.63) is 58.4 Å². The Morgan fingerprint density at radius 2 is 1.60 bits per heavy atom. The van der Waals surface area contributed by atoms with Crippen LogP contribution >= 0.6 is 11.6 Å². The highest BCUT2D eigenvalue weighted by Gasteiger charge is 2.14. The molecule has 0 aliphatic heterocycles. The molecule has 0 saturated carbocycles. The summed E-state index contributed by atoms with van der Waals surface area (Å²) in [5.41, 5.74) is 0.560. The van der Waals surface area contributed by atoms with Crippen LogP contribution in [0, 0.1) is 5.82 Å². The minimum absolute atomic E-state index is 0.0234. The Hall–Kier alpha value is -2.07. The second-order valence-electron chi connectivity index (χ2n) is 4.06. The summed E-state index contributed by atoms with van der Waals surface area (Å²) in [4.78, 5) is 12.3. The summed E-state index contributed by atoms with van der Waals surface area (Å²) in [6, 6.07) is 8.71. The number of carbonyl (C=O) groups excluding carboxylic acids is 1. The lowest BCUT2D eigenvalue weighted by atomic mass is 10.0. The zero-order valence-electron chi connectivity index (χ0n) is 10.9. The highest BCUT2D eigenvalue weighted by atomic mass is 35.5. The molecule has 2 aromatic rings. The van der Waals surface area contributed by atoms with Crippen LogP contribution < -0.4 is 9.47 Å². The standard InChI is InChI=1S/C15H12ClFO3/c1-19-11-5-10(6-12(8-11)20-2)15(18)9-3-4-13(16)14(17)7-9/h3-8H,1-2H3. The van der Waals surface area contributed by atoms with E-state index in [0.717, 1.165) is 6.07 Å². The van der Waals surface area contributed by atoms with Crippen molar-refractivity contribution < 1.29 is 18.7 Å². The van der Waals surface area contributed by atoms with E-state index in [0.29, 0.717) is 17.1 Å². The number of hydrogen-bond acceptors (Lipinski definition) is 3. The second-order valence-corrected chi connectivity index (χ2v) is 4.47. The molecule has 0 radical (unpaired) electrons. The molecule has 0 aliphatic carbocycles. The van der Waals surface area contributed by atoms with Crippen molar-refractivity contribution in [2.45, 2.75) is 0 Å².